The number of anilines is 1. The molecule has 0 N–H and O–H groups in total. The van der Waals surface area contributed by atoms with Gasteiger partial charge in [-0.15, -0.1) is 0 Å². The van der Waals surface area contributed by atoms with Gasteiger partial charge < -0.3 is 9.64 Å². The summed E-state index contributed by atoms with van der Waals surface area (Å²) in [6, 6.07) is 10.2. The van der Waals surface area contributed by atoms with Gasteiger partial charge in [0.1, 0.15) is 6.61 Å². The van der Waals surface area contributed by atoms with Gasteiger partial charge in [-0.05, 0) is 43.2 Å². The monoisotopic (exact) mass is 377 g/mol. The number of esters is 1. The molecule has 1 fully saturated rings. The zero-order chi connectivity index (χ0) is 18.1. The molecule has 0 aromatic heterocycles. The van der Waals surface area contributed by atoms with Crippen molar-refractivity contribution in [2.24, 2.45) is 0 Å². The summed E-state index contributed by atoms with van der Waals surface area (Å²) in [6.07, 6.45) is 0.167. The summed E-state index contributed by atoms with van der Waals surface area (Å²) in [5.74, 6) is -0.539. The normalized spacial score (nSPS) is 16.6. The third kappa shape index (κ3) is 3.51. The fourth-order valence-electron chi connectivity index (χ4n) is 3.07. The summed E-state index contributed by atoms with van der Waals surface area (Å²) < 4.78 is 5.10. The molecule has 0 bridgehead atoms. The summed E-state index contributed by atoms with van der Waals surface area (Å²) >= 11 is 12.0. The van der Waals surface area contributed by atoms with Crippen LogP contribution in [0, 0.1) is 13.8 Å². The van der Waals surface area contributed by atoms with Gasteiger partial charge in [-0.3, -0.25) is 9.59 Å². The maximum absolute atomic E-state index is 13.3. The molecule has 0 saturated carbocycles. The van der Waals surface area contributed by atoms with E-state index in [9.17, 15) is 9.59 Å². The Balaban J connectivity index is 2.09. The largest absolute Gasteiger partial charge is 0.463 e. The van der Waals surface area contributed by atoms with Crippen molar-refractivity contribution < 1.29 is 14.3 Å². The highest BCUT2D eigenvalue weighted by Crippen LogP contribution is 2.32. The Bertz CT molecular complexity index is 830. The number of para-hydroxylation sites is 1. The summed E-state index contributed by atoms with van der Waals surface area (Å²) in [5, 5.41) is 0.698. The Morgan fingerprint density at radius 1 is 1.12 bits per heavy atom. The molecule has 1 amide bonds. The molecule has 1 unspecified atom stereocenters. The van der Waals surface area contributed by atoms with Gasteiger partial charge in [0.25, 0.3) is 5.91 Å². The van der Waals surface area contributed by atoms with Crippen molar-refractivity contribution in [3.05, 3.63) is 63.1 Å². The van der Waals surface area contributed by atoms with Gasteiger partial charge >= 0.3 is 5.97 Å². The van der Waals surface area contributed by atoms with E-state index < -0.39 is 0 Å². The van der Waals surface area contributed by atoms with Crippen LogP contribution in [0.2, 0.25) is 10.0 Å². The molecule has 25 heavy (non-hydrogen) atoms. The number of cyclic esters (lactones) is 1. The lowest BCUT2D eigenvalue weighted by molar-refractivity contribution is -0.137. The molecule has 1 atom stereocenters. The highest BCUT2D eigenvalue weighted by Gasteiger charge is 2.35. The molecule has 2 aromatic carbocycles. The summed E-state index contributed by atoms with van der Waals surface area (Å²) in [7, 11) is 0. The van der Waals surface area contributed by atoms with E-state index in [1.54, 1.807) is 23.1 Å². The molecule has 1 aliphatic heterocycles. The van der Waals surface area contributed by atoms with Gasteiger partial charge in [0.15, 0.2) is 0 Å². The Labute approximate surface area is 156 Å². The van der Waals surface area contributed by atoms with Crippen LogP contribution in [0.1, 0.15) is 27.9 Å². The Hall–Kier alpha value is -2.04. The zero-order valence-corrected chi connectivity index (χ0v) is 15.4. The van der Waals surface area contributed by atoms with Gasteiger partial charge in [0, 0.05) is 5.56 Å². The van der Waals surface area contributed by atoms with Gasteiger partial charge in [0.05, 0.1) is 28.2 Å². The van der Waals surface area contributed by atoms with Crippen molar-refractivity contribution in [3.8, 4) is 0 Å². The van der Waals surface area contributed by atoms with E-state index in [1.807, 2.05) is 32.0 Å². The van der Waals surface area contributed by atoms with Crippen molar-refractivity contribution >= 4 is 40.8 Å². The number of carbonyl (C=O) groups is 2. The molecule has 4 nitrogen and oxygen atoms in total. The summed E-state index contributed by atoms with van der Waals surface area (Å²) in [4.78, 5) is 26.5. The number of rotatable bonds is 3. The molecular formula is C19H17Cl2NO3. The molecule has 0 aliphatic carbocycles. The van der Waals surface area contributed by atoms with Crippen LogP contribution in [0.4, 0.5) is 5.69 Å². The average molecular weight is 378 g/mol. The number of carbonyl (C=O) groups excluding carboxylic acids is 2. The van der Waals surface area contributed by atoms with E-state index in [2.05, 4.69) is 0 Å². The smallest absolute Gasteiger partial charge is 0.308 e. The van der Waals surface area contributed by atoms with Gasteiger partial charge in [0.2, 0.25) is 0 Å². The first-order chi connectivity index (χ1) is 11.9. The van der Waals surface area contributed by atoms with Crippen molar-refractivity contribution in [2.45, 2.75) is 26.3 Å². The predicted molar refractivity (Wildman–Crippen MR) is 98.6 cm³/mol. The Morgan fingerprint density at radius 3 is 2.36 bits per heavy atom. The van der Waals surface area contributed by atoms with Crippen molar-refractivity contribution in [1.82, 2.24) is 0 Å². The number of amides is 1. The quantitative estimate of drug-likeness (QED) is 0.735. The van der Waals surface area contributed by atoms with Gasteiger partial charge in [-0.1, -0.05) is 41.4 Å². The molecule has 1 aliphatic rings. The number of benzene rings is 2. The lowest BCUT2D eigenvalue weighted by Gasteiger charge is -2.30. The van der Waals surface area contributed by atoms with Crippen LogP contribution in [-0.2, 0) is 9.53 Å². The number of hydrogen-bond donors (Lipinski definition) is 0. The highest BCUT2D eigenvalue weighted by atomic mass is 35.5. The van der Waals surface area contributed by atoms with Crippen LogP contribution in [0.25, 0.3) is 0 Å². The summed E-state index contributed by atoms with van der Waals surface area (Å²) in [5.41, 5.74) is 3.11. The minimum atomic E-state index is -0.353. The molecule has 0 radical (unpaired) electrons. The Kier molecular flexibility index (Phi) is 5.02. The average Bonchev–Trinajstić information content (AvgIpc) is 2.99. The van der Waals surface area contributed by atoms with E-state index in [0.29, 0.717) is 15.6 Å². The van der Waals surface area contributed by atoms with E-state index in [4.69, 9.17) is 27.9 Å². The second-order valence-electron chi connectivity index (χ2n) is 6.09. The fourth-order valence-corrected chi connectivity index (χ4v) is 3.37. The van der Waals surface area contributed by atoms with Crippen LogP contribution in [-0.4, -0.2) is 24.5 Å². The minimum Gasteiger partial charge on any atom is -0.463 e. The van der Waals surface area contributed by atoms with Crippen LogP contribution in [0.3, 0.4) is 0 Å². The van der Waals surface area contributed by atoms with Crippen LogP contribution in [0.5, 0.6) is 0 Å². The van der Waals surface area contributed by atoms with Crippen LogP contribution in [0.15, 0.2) is 36.4 Å². The number of ether oxygens (including phenoxy) is 1. The molecule has 3 rings (SSSR count). The van der Waals surface area contributed by atoms with Crippen molar-refractivity contribution in [3.63, 3.8) is 0 Å². The highest BCUT2D eigenvalue weighted by molar-refractivity contribution is 6.42. The third-order valence-electron chi connectivity index (χ3n) is 4.27. The molecule has 2 aromatic rings. The molecule has 130 valence electrons. The topological polar surface area (TPSA) is 46.6 Å². The minimum absolute atomic E-state index is 0.167. The lowest BCUT2D eigenvalue weighted by Crippen LogP contribution is -2.42. The predicted octanol–water partition coefficient (Wildman–Crippen LogP) is 4.57. The first-order valence-corrected chi connectivity index (χ1v) is 8.64. The van der Waals surface area contributed by atoms with Crippen molar-refractivity contribution in [1.29, 1.82) is 0 Å². The summed E-state index contributed by atoms with van der Waals surface area (Å²) in [6.45, 7) is 4.06. The Morgan fingerprint density at radius 2 is 1.80 bits per heavy atom. The SMILES string of the molecule is Cc1cccc(C)c1N(C(=O)c1ccc(Cl)c(Cl)c1)C1COC(=O)C1. The van der Waals surface area contributed by atoms with Gasteiger partial charge in [-0.2, -0.15) is 0 Å². The lowest BCUT2D eigenvalue weighted by atomic mass is 10.0. The molecule has 1 saturated heterocycles. The molecular weight excluding hydrogens is 361 g/mol. The second-order valence-corrected chi connectivity index (χ2v) is 6.90. The number of hydrogen-bond acceptors (Lipinski definition) is 3. The molecule has 1 heterocycles. The van der Waals surface area contributed by atoms with Crippen molar-refractivity contribution in [2.75, 3.05) is 11.5 Å². The van der Waals surface area contributed by atoms with Crippen LogP contribution >= 0.6 is 23.2 Å². The second kappa shape index (κ2) is 7.06. The van der Waals surface area contributed by atoms with E-state index >= 15 is 0 Å². The first-order valence-electron chi connectivity index (χ1n) is 7.89. The molecule has 0 spiro atoms. The third-order valence-corrected chi connectivity index (χ3v) is 5.01. The van der Waals surface area contributed by atoms with E-state index in [1.165, 1.54) is 0 Å². The van der Waals surface area contributed by atoms with Crippen LogP contribution < -0.4 is 4.90 Å². The maximum atomic E-state index is 13.3. The van der Waals surface area contributed by atoms with E-state index in [-0.39, 0.29) is 30.9 Å². The number of halogens is 2. The van der Waals surface area contributed by atoms with E-state index in [0.717, 1.165) is 16.8 Å². The first kappa shape index (κ1) is 17.8. The zero-order valence-electron chi connectivity index (χ0n) is 13.9. The van der Waals surface area contributed by atoms with Gasteiger partial charge in [-0.25, -0.2) is 0 Å². The number of nitrogens with zero attached hydrogens (tertiary/aromatic N) is 1. The standard InChI is InChI=1S/C19H17Cl2NO3/c1-11-4-3-5-12(2)18(11)22(14-9-17(23)25-10-14)19(24)13-6-7-15(20)16(21)8-13/h3-8,14H,9-10H2,1-2H3. The maximum Gasteiger partial charge on any atom is 0.308 e. The fraction of sp³-hybridized carbons (Fsp3) is 0.263. The molecule has 6 heteroatoms. The number of aryl methyl sites for hydroxylation is 2.